The van der Waals surface area contributed by atoms with Crippen LogP contribution in [0.3, 0.4) is 0 Å². The molecule has 0 radical (unpaired) electrons. The van der Waals surface area contributed by atoms with Gasteiger partial charge < -0.3 is 14.9 Å². The van der Waals surface area contributed by atoms with Crippen molar-refractivity contribution in [3.05, 3.63) is 34.9 Å². The molecule has 2 atom stereocenters. The van der Waals surface area contributed by atoms with Gasteiger partial charge in [-0.25, -0.2) is 0 Å². The summed E-state index contributed by atoms with van der Waals surface area (Å²) >= 11 is 5.84. The maximum Gasteiger partial charge on any atom is 0.307 e. The number of piperazine rings is 1. The third kappa shape index (κ3) is 3.47. The maximum atomic E-state index is 12.2. The van der Waals surface area contributed by atoms with Crippen molar-refractivity contribution in [1.82, 2.24) is 9.80 Å². The van der Waals surface area contributed by atoms with Crippen molar-refractivity contribution < 1.29 is 19.5 Å². The van der Waals surface area contributed by atoms with Gasteiger partial charge in [-0.05, 0) is 24.1 Å². The van der Waals surface area contributed by atoms with Crippen LogP contribution < -0.4 is 0 Å². The minimum atomic E-state index is -0.934. The summed E-state index contributed by atoms with van der Waals surface area (Å²) in [5.41, 5.74) is 0.982. The largest absolute Gasteiger partial charge is 0.481 e. The fourth-order valence-electron chi connectivity index (χ4n) is 2.85. The van der Waals surface area contributed by atoms with Gasteiger partial charge >= 0.3 is 5.97 Å². The molecule has 1 saturated carbocycles. The molecule has 122 valence electrons. The quantitative estimate of drug-likeness (QED) is 0.897. The second-order valence-corrected chi connectivity index (χ2v) is 6.42. The van der Waals surface area contributed by atoms with Gasteiger partial charge in [-0.1, -0.05) is 23.7 Å². The number of hydrogen-bond donors (Lipinski definition) is 1. The first-order valence-electron chi connectivity index (χ1n) is 7.49. The van der Waals surface area contributed by atoms with Gasteiger partial charge in [-0.2, -0.15) is 0 Å². The van der Waals surface area contributed by atoms with Crippen molar-refractivity contribution in [2.45, 2.75) is 13.0 Å². The molecule has 2 aliphatic rings. The molecule has 1 aromatic carbocycles. The van der Waals surface area contributed by atoms with Crippen molar-refractivity contribution in [3.8, 4) is 0 Å². The zero-order valence-electron chi connectivity index (χ0n) is 12.4. The third-order valence-electron chi connectivity index (χ3n) is 4.34. The molecule has 6 nitrogen and oxygen atoms in total. The molecule has 1 N–H and O–H groups in total. The van der Waals surface area contributed by atoms with E-state index < -0.39 is 17.8 Å². The van der Waals surface area contributed by atoms with Crippen LogP contribution in [0.4, 0.5) is 0 Å². The zero-order valence-corrected chi connectivity index (χ0v) is 13.2. The molecule has 2 unspecified atom stereocenters. The Morgan fingerprint density at radius 3 is 2.43 bits per heavy atom. The number of rotatable bonds is 4. The van der Waals surface area contributed by atoms with E-state index in [1.54, 1.807) is 17.0 Å². The molecule has 2 fully saturated rings. The Kier molecular flexibility index (Phi) is 4.26. The molecule has 23 heavy (non-hydrogen) atoms. The molecule has 0 bridgehead atoms. The smallest absolute Gasteiger partial charge is 0.307 e. The summed E-state index contributed by atoms with van der Waals surface area (Å²) in [6.45, 7) is 1.41. The van der Waals surface area contributed by atoms with Gasteiger partial charge in [0.05, 0.1) is 18.4 Å². The van der Waals surface area contributed by atoms with E-state index in [9.17, 15) is 14.4 Å². The topological polar surface area (TPSA) is 77.9 Å². The number of benzene rings is 1. The van der Waals surface area contributed by atoms with Crippen LogP contribution in [0.15, 0.2) is 24.3 Å². The Labute approximate surface area is 138 Å². The number of carbonyl (C=O) groups is 3. The summed E-state index contributed by atoms with van der Waals surface area (Å²) in [4.78, 5) is 38.5. The lowest BCUT2D eigenvalue weighted by Crippen LogP contribution is -2.52. The predicted molar refractivity (Wildman–Crippen MR) is 82.7 cm³/mol. The minimum absolute atomic E-state index is 0.0231. The van der Waals surface area contributed by atoms with E-state index in [4.69, 9.17) is 16.7 Å². The Bertz CT molecular complexity index is 646. The molecule has 0 aromatic heterocycles. The Morgan fingerprint density at radius 1 is 1.17 bits per heavy atom. The molecular formula is C16H17ClN2O4. The number of amides is 2. The van der Waals surface area contributed by atoms with E-state index >= 15 is 0 Å². The summed E-state index contributed by atoms with van der Waals surface area (Å²) in [5, 5.41) is 9.54. The van der Waals surface area contributed by atoms with Gasteiger partial charge in [0, 0.05) is 24.7 Å². The number of carbonyl (C=O) groups excluding carboxylic acids is 2. The molecule has 0 spiro atoms. The highest BCUT2D eigenvalue weighted by Gasteiger charge is 2.50. The van der Waals surface area contributed by atoms with E-state index in [-0.39, 0.29) is 18.4 Å². The van der Waals surface area contributed by atoms with Gasteiger partial charge in [0.2, 0.25) is 11.8 Å². The highest BCUT2D eigenvalue weighted by Crippen LogP contribution is 2.40. The summed E-state index contributed by atoms with van der Waals surface area (Å²) in [5.74, 6) is -2.30. The highest BCUT2D eigenvalue weighted by atomic mass is 35.5. The molecule has 3 rings (SSSR count). The number of aliphatic carboxylic acids is 1. The normalized spacial score (nSPS) is 23.8. The Balaban J connectivity index is 1.55. The van der Waals surface area contributed by atoms with E-state index in [1.165, 1.54) is 4.90 Å². The van der Waals surface area contributed by atoms with Crippen molar-refractivity contribution in [1.29, 1.82) is 0 Å². The van der Waals surface area contributed by atoms with Gasteiger partial charge in [0.15, 0.2) is 0 Å². The highest BCUT2D eigenvalue weighted by molar-refractivity contribution is 6.30. The van der Waals surface area contributed by atoms with Gasteiger partial charge in [0.25, 0.3) is 0 Å². The molecule has 1 saturated heterocycles. The van der Waals surface area contributed by atoms with Crippen LogP contribution in [-0.2, 0) is 20.9 Å². The second kappa shape index (κ2) is 6.20. The number of carboxylic acids is 1. The fraction of sp³-hybridized carbons (Fsp3) is 0.438. The maximum absolute atomic E-state index is 12.2. The van der Waals surface area contributed by atoms with E-state index in [0.717, 1.165) is 5.56 Å². The van der Waals surface area contributed by atoms with Gasteiger partial charge in [-0.3, -0.25) is 14.4 Å². The van der Waals surface area contributed by atoms with Gasteiger partial charge in [0.1, 0.15) is 0 Å². The van der Waals surface area contributed by atoms with Crippen LogP contribution in [0.1, 0.15) is 12.0 Å². The lowest BCUT2D eigenvalue weighted by atomic mass is 10.2. The lowest BCUT2D eigenvalue weighted by molar-refractivity contribution is -0.147. The number of hydrogen-bond acceptors (Lipinski definition) is 3. The molecular weight excluding hydrogens is 320 g/mol. The van der Waals surface area contributed by atoms with Crippen LogP contribution in [0.25, 0.3) is 0 Å². The SMILES string of the molecule is O=C(O)C1CC1C(=O)N1CCN(Cc2ccc(Cl)cc2)C(=O)C1. The number of carboxylic acid groups (broad SMARTS) is 1. The molecule has 1 aromatic rings. The van der Waals surface area contributed by atoms with Crippen LogP contribution in [0.2, 0.25) is 5.02 Å². The Morgan fingerprint density at radius 2 is 1.87 bits per heavy atom. The number of halogens is 1. The van der Waals surface area contributed by atoms with Crippen molar-refractivity contribution in [2.24, 2.45) is 11.8 Å². The monoisotopic (exact) mass is 336 g/mol. The molecule has 2 amide bonds. The van der Waals surface area contributed by atoms with Crippen LogP contribution >= 0.6 is 11.6 Å². The standard InChI is InChI=1S/C16H17ClN2O4/c17-11-3-1-10(2-4-11)8-18-5-6-19(9-14(18)20)15(21)12-7-13(12)16(22)23/h1-4,12-13H,5-9H2,(H,22,23). The van der Waals surface area contributed by atoms with Crippen molar-refractivity contribution >= 4 is 29.4 Å². The Hall–Kier alpha value is -2.08. The molecule has 1 aliphatic heterocycles. The van der Waals surface area contributed by atoms with Gasteiger partial charge in [-0.15, -0.1) is 0 Å². The average Bonchev–Trinajstić information content (AvgIpc) is 3.31. The van der Waals surface area contributed by atoms with Crippen molar-refractivity contribution in [2.75, 3.05) is 19.6 Å². The zero-order chi connectivity index (χ0) is 16.6. The first-order valence-corrected chi connectivity index (χ1v) is 7.87. The van der Waals surface area contributed by atoms with Crippen molar-refractivity contribution in [3.63, 3.8) is 0 Å². The number of nitrogens with zero attached hydrogens (tertiary/aromatic N) is 2. The molecule has 1 aliphatic carbocycles. The van der Waals surface area contributed by atoms with Crippen LogP contribution in [-0.4, -0.2) is 52.3 Å². The van der Waals surface area contributed by atoms with Crippen LogP contribution in [0, 0.1) is 11.8 Å². The summed E-state index contributed by atoms with van der Waals surface area (Å²) in [6, 6.07) is 7.30. The average molecular weight is 337 g/mol. The fourth-order valence-corrected chi connectivity index (χ4v) is 2.98. The summed E-state index contributed by atoms with van der Waals surface area (Å²) < 4.78 is 0. The first kappa shape index (κ1) is 15.8. The molecule has 1 heterocycles. The third-order valence-corrected chi connectivity index (χ3v) is 4.59. The molecule has 7 heteroatoms. The summed E-state index contributed by atoms with van der Waals surface area (Å²) in [7, 11) is 0. The first-order chi connectivity index (χ1) is 11.0. The second-order valence-electron chi connectivity index (χ2n) is 5.99. The van der Waals surface area contributed by atoms with E-state index in [2.05, 4.69) is 0 Å². The summed E-state index contributed by atoms with van der Waals surface area (Å²) in [6.07, 6.45) is 0.382. The van der Waals surface area contributed by atoms with E-state index in [1.807, 2.05) is 12.1 Å². The lowest BCUT2D eigenvalue weighted by Gasteiger charge is -2.34. The minimum Gasteiger partial charge on any atom is -0.481 e. The van der Waals surface area contributed by atoms with E-state index in [0.29, 0.717) is 31.1 Å². The predicted octanol–water partition coefficient (Wildman–Crippen LogP) is 1.23. The van der Waals surface area contributed by atoms with Crippen LogP contribution in [0.5, 0.6) is 0 Å².